The molecule has 0 aromatic heterocycles. The molecule has 0 saturated heterocycles. The number of hydrogen-bond donors (Lipinski definition) is 4. The SMILES string of the molecule is NCCCCC(NC(=O)N[C@H](CC1CCCCC1)C(=O)N(F)Cc1ccc(F)cc1)C(=O)O. The van der Waals surface area contributed by atoms with Gasteiger partial charge in [0.15, 0.2) is 0 Å². The molecule has 2 atom stereocenters. The van der Waals surface area contributed by atoms with E-state index in [4.69, 9.17) is 5.73 Å². The minimum absolute atomic E-state index is 0.0109. The van der Waals surface area contributed by atoms with Crippen LogP contribution in [0.25, 0.3) is 0 Å². The zero-order chi connectivity index (χ0) is 24.2. The van der Waals surface area contributed by atoms with E-state index in [2.05, 4.69) is 10.6 Å². The highest BCUT2D eigenvalue weighted by Gasteiger charge is 2.31. The summed E-state index contributed by atoms with van der Waals surface area (Å²) >= 11 is 0. The summed E-state index contributed by atoms with van der Waals surface area (Å²) in [5.41, 5.74) is 5.83. The van der Waals surface area contributed by atoms with E-state index in [9.17, 15) is 28.4 Å². The first-order chi connectivity index (χ1) is 15.8. The highest BCUT2D eigenvalue weighted by atomic mass is 19.2. The van der Waals surface area contributed by atoms with E-state index in [1.807, 2.05) is 0 Å². The maximum atomic E-state index is 14.7. The molecule has 1 aliphatic rings. The average molecular weight is 469 g/mol. The molecule has 0 aliphatic heterocycles. The summed E-state index contributed by atoms with van der Waals surface area (Å²) < 4.78 is 27.8. The van der Waals surface area contributed by atoms with Gasteiger partial charge in [-0.3, -0.25) is 4.79 Å². The molecule has 1 saturated carbocycles. The third-order valence-electron chi connectivity index (χ3n) is 5.92. The van der Waals surface area contributed by atoms with Crippen molar-refractivity contribution >= 4 is 17.9 Å². The lowest BCUT2D eigenvalue weighted by Gasteiger charge is -2.28. The van der Waals surface area contributed by atoms with Crippen molar-refractivity contribution in [1.29, 1.82) is 0 Å². The van der Waals surface area contributed by atoms with E-state index in [1.165, 1.54) is 24.3 Å². The van der Waals surface area contributed by atoms with Gasteiger partial charge in [0, 0.05) is 0 Å². The quantitative estimate of drug-likeness (QED) is 0.277. The first kappa shape index (κ1) is 26.5. The summed E-state index contributed by atoms with van der Waals surface area (Å²) in [4.78, 5) is 36.8. The van der Waals surface area contributed by atoms with Crippen molar-refractivity contribution in [2.75, 3.05) is 6.54 Å². The monoisotopic (exact) mass is 468 g/mol. The fraction of sp³-hybridized carbons (Fsp3) is 0.609. The summed E-state index contributed by atoms with van der Waals surface area (Å²) in [6.45, 7) is 0.0251. The van der Waals surface area contributed by atoms with Gasteiger partial charge in [-0.2, -0.15) is 5.12 Å². The summed E-state index contributed by atoms with van der Waals surface area (Å²) in [7, 11) is 0. The number of hydrogen-bond acceptors (Lipinski definition) is 4. The van der Waals surface area contributed by atoms with Gasteiger partial charge in [0.2, 0.25) is 0 Å². The van der Waals surface area contributed by atoms with Gasteiger partial charge in [-0.1, -0.05) is 48.7 Å². The van der Waals surface area contributed by atoms with Crippen LogP contribution in [0, 0.1) is 11.7 Å². The number of carbonyl (C=O) groups excluding carboxylic acids is 2. The molecule has 184 valence electrons. The van der Waals surface area contributed by atoms with E-state index in [-0.39, 0.29) is 30.4 Å². The Morgan fingerprint density at radius 2 is 1.70 bits per heavy atom. The number of nitrogens with zero attached hydrogens (tertiary/aromatic N) is 1. The molecule has 3 amide bonds. The molecule has 2 rings (SSSR count). The number of carboxylic acid groups (broad SMARTS) is 1. The molecule has 1 fully saturated rings. The standard InChI is InChI=1S/C23H34F2N4O4/c24-18-11-9-17(10-12-18)15-29(25)21(30)20(14-16-6-2-1-3-7-16)28-23(33)27-19(22(31)32)8-4-5-13-26/h9-12,16,19-20H,1-8,13-15,26H2,(H,31,32)(H2,27,28,33)/t19?,20-/m1/s1. The number of benzene rings is 1. The van der Waals surface area contributed by atoms with Gasteiger partial charge < -0.3 is 21.5 Å². The molecular weight excluding hydrogens is 434 g/mol. The lowest BCUT2D eigenvalue weighted by Crippen LogP contribution is -2.53. The maximum Gasteiger partial charge on any atom is 0.326 e. The Kier molecular flexibility index (Phi) is 11.0. The van der Waals surface area contributed by atoms with E-state index in [1.54, 1.807) is 0 Å². The van der Waals surface area contributed by atoms with Crippen LogP contribution in [-0.2, 0) is 16.1 Å². The second-order valence-corrected chi connectivity index (χ2v) is 8.57. The normalized spacial score (nSPS) is 16.0. The number of aliphatic carboxylic acids is 1. The van der Waals surface area contributed by atoms with E-state index in [0.717, 1.165) is 32.1 Å². The Labute approximate surface area is 192 Å². The molecule has 1 unspecified atom stereocenters. The molecule has 5 N–H and O–H groups in total. The van der Waals surface area contributed by atoms with Crippen LogP contribution >= 0.6 is 0 Å². The third-order valence-corrected chi connectivity index (χ3v) is 5.92. The van der Waals surface area contributed by atoms with Crippen LogP contribution in [0.3, 0.4) is 0 Å². The number of amides is 3. The fourth-order valence-corrected chi connectivity index (χ4v) is 4.08. The summed E-state index contributed by atoms with van der Waals surface area (Å²) in [6.07, 6.45) is 6.49. The lowest BCUT2D eigenvalue weighted by atomic mass is 9.84. The average Bonchev–Trinajstić information content (AvgIpc) is 2.79. The Morgan fingerprint density at radius 3 is 2.30 bits per heavy atom. The lowest BCUT2D eigenvalue weighted by molar-refractivity contribution is -0.150. The Hall–Kier alpha value is -2.75. The number of nitrogens with two attached hydrogens (primary N) is 1. The van der Waals surface area contributed by atoms with Crippen LogP contribution in [-0.4, -0.2) is 46.8 Å². The molecule has 33 heavy (non-hydrogen) atoms. The molecule has 0 radical (unpaired) electrons. The van der Waals surface area contributed by atoms with Crippen LogP contribution in [0.4, 0.5) is 13.7 Å². The smallest absolute Gasteiger partial charge is 0.326 e. The van der Waals surface area contributed by atoms with Crippen molar-refractivity contribution in [3.63, 3.8) is 0 Å². The zero-order valence-corrected chi connectivity index (χ0v) is 18.8. The largest absolute Gasteiger partial charge is 0.480 e. The van der Waals surface area contributed by atoms with Gasteiger partial charge in [-0.15, -0.1) is 0 Å². The van der Waals surface area contributed by atoms with Gasteiger partial charge in [0.05, 0.1) is 6.54 Å². The van der Waals surface area contributed by atoms with E-state index in [0.29, 0.717) is 24.9 Å². The van der Waals surface area contributed by atoms with Gasteiger partial charge in [0.1, 0.15) is 17.9 Å². The van der Waals surface area contributed by atoms with E-state index < -0.39 is 35.8 Å². The topological polar surface area (TPSA) is 125 Å². The zero-order valence-electron chi connectivity index (χ0n) is 18.8. The Balaban J connectivity index is 2.04. The molecule has 0 spiro atoms. The second-order valence-electron chi connectivity index (χ2n) is 8.57. The van der Waals surface area contributed by atoms with Crippen LogP contribution < -0.4 is 16.4 Å². The number of urea groups is 1. The molecule has 1 aromatic rings. The molecule has 0 bridgehead atoms. The van der Waals surface area contributed by atoms with Crippen molar-refractivity contribution in [2.24, 2.45) is 11.7 Å². The first-order valence-corrected chi connectivity index (χ1v) is 11.5. The van der Waals surface area contributed by atoms with Gasteiger partial charge in [-0.25, -0.2) is 14.0 Å². The van der Waals surface area contributed by atoms with Crippen LogP contribution in [0.2, 0.25) is 0 Å². The highest BCUT2D eigenvalue weighted by Crippen LogP contribution is 2.28. The van der Waals surface area contributed by atoms with Gasteiger partial charge in [-0.05, 0) is 55.8 Å². The molecule has 0 heterocycles. The number of nitrogens with one attached hydrogen (secondary N) is 2. The van der Waals surface area contributed by atoms with Crippen LogP contribution in [0.15, 0.2) is 24.3 Å². The van der Waals surface area contributed by atoms with Gasteiger partial charge >= 0.3 is 12.0 Å². The van der Waals surface area contributed by atoms with Crippen LogP contribution in [0.1, 0.15) is 63.4 Å². The van der Waals surface area contributed by atoms with Crippen molar-refractivity contribution in [3.8, 4) is 0 Å². The van der Waals surface area contributed by atoms with Crippen molar-refractivity contribution in [1.82, 2.24) is 15.8 Å². The number of carboxylic acids is 1. The number of rotatable bonds is 12. The number of halogens is 2. The summed E-state index contributed by atoms with van der Waals surface area (Å²) in [6, 6.07) is 2.00. The van der Waals surface area contributed by atoms with Crippen molar-refractivity contribution in [2.45, 2.75) is 76.4 Å². The number of carbonyl (C=O) groups is 3. The predicted octanol–water partition coefficient (Wildman–Crippen LogP) is 3.26. The molecule has 8 nitrogen and oxygen atoms in total. The maximum absolute atomic E-state index is 14.7. The fourth-order valence-electron chi connectivity index (χ4n) is 4.08. The minimum Gasteiger partial charge on any atom is -0.480 e. The van der Waals surface area contributed by atoms with Gasteiger partial charge in [0.25, 0.3) is 5.91 Å². The Bertz CT molecular complexity index is 772. The summed E-state index contributed by atoms with van der Waals surface area (Å²) in [5, 5.41) is 14.2. The molecule has 10 heteroatoms. The number of unbranched alkanes of at least 4 members (excludes halogenated alkanes) is 1. The molecule has 1 aromatic carbocycles. The highest BCUT2D eigenvalue weighted by molar-refractivity contribution is 5.88. The molecule has 1 aliphatic carbocycles. The van der Waals surface area contributed by atoms with E-state index >= 15 is 0 Å². The first-order valence-electron chi connectivity index (χ1n) is 11.5. The molecular formula is C23H34F2N4O4. The summed E-state index contributed by atoms with van der Waals surface area (Å²) in [5.74, 6) is -2.42. The predicted molar refractivity (Wildman–Crippen MR) is 119 cm³/mol. The second kappa shape index (κ2) is 13.7. The van der Waals surface area contributed by atoms with Crippen LogP contribution in [0.5, 0.6) is 0 Å². The Morgan fingerprint density at radius 1 is 1.06 bits per heavy atom. The van der Waals surface area contributed by atoms with Crippen molar-refractivity contribution < 1.29 is 28.4 Å². The minimum atomic E-state index is -1.19. The van der Waals surface area contributed by atoms with Crippen molar-refractivity contribution in [3.05, 3.63) is 35.6 Å². The third kappa shape index (κ3) is 9.33.